The standard InChI is InChI=1S/C25H22F5NO3/c1-13(2)10-17-19(18(32)12-14-8-9-15-6-4-5-7-16(15)11-14)22(25(28,29)30)31-21(23(26)27)20(17)24(33)34-3/h4-9,11,13,23H,10,12H2,1-3H3. The third-order valence-electron chi connectivity index (χ3n) is 5.26. The highest BCUT2D eigenvalue weighted by molar-refractivity contribution is 6.04. The molecule has 1 heterocycles. The predicted octanol–water partition coefficient (Wildman–Crippen LogP) is 6.60. The molecule has 34 heavy (non-hydrogen) atoms. The third-order valence-corrected chi connectivity index (χ3v) is 5.26. The van der Waals surface area contributed by atoms with E-state index in [-0.39, 0.29) is 12.3 Å². The van der Waals surface area contributed by atoms with E-state index in [4.69, 9.17) is 0 Å². The number of halogens is 5. The van der Waals surface area contributed by atoms with Crippen LogP contribution in [0.4, 0.5) is 22.0 Å². The number of hydrogen-bond donors (Lipinski definition) is 0. The molecular formula is C25H22F5NO3. The molecule has 0 aliphatic carbocycles. The predicted molar refractivity (Wildman–Crippen MR) is 116 cm³/mol. The van der Waals surface area contributed by atoms with Crippen molar-refractivity contribution >= 4 is 22.5 Å². The second-order valence-electron chi connectivity index (χ2n) is 8.24. The Balaban J connectivity index is 2.26. The normalized spacial score (nSPS) is 11.9. The number of nitrogens with zero attached hydrogens (tertiary/aromatic N) is 1. The Labute approximate surface area is 192 Å². The first-order valence-corrected chi connectivity index (χ1v) is 10.4. The first-order chi connectivity index (χ1) is 15.9. The minimum atomic E-state index is -5.20. The van der Waals surface area contributed by atoms with Gasteiger partial charge in [0.25, 0.3) is 6.43 Å². The number of carbonyl (C=O) groups is 2. The number of fused-ring (bicyclic) bond motifs is 1. The number of ketones is 1. The summed E-state index contributed by atoms with van der Waals surface area (Å²) in [7, 11) is 0.922. The summed E-state index contributed by atoms with van der Waals surface area (Å²) in [5, 5.41) is 1.67. The van der Waals surface area contributed by atoms with E-state index < -0.39 is 58.9 Å². The van der Waals surface area contributed by atoms with Crippen LogP contribution in [0.25, 0.3) is 10.8 Å². The maximum absolute atomic E-state index is 14.0. The number of alkyl halides is 5. The van der Waals surface area contributed by atoms with Crippen molar-refractivity contribution in [1.29, 1.82) is 0 Å². The first kappa shape index (κ1) is 25.3. The number of methoxy groups -OCH3 is 1. The monoisotopic (exact) mass is 479 g/mol. The van der Waals surface area contributed by atoms with E-state index in [1.54, 1.807) is 44.2 Å². The largest absolute Gasteiger partial charge is 0.465 e. The van der Waals surface area contributed by atoms with Crippen LogP contribution < -0.4 is 0 Å². The minimum Gasteiger partial charge on any atom is -0.465 e. The summed E-state index contributed by atoms with van der Waals surface area (Å²) < 4.78 is 73.9. The van der Waals surface area contributed by atoms with Gasteiger partial charge in [0.2, 0.25) is 0 Å². The van der Waals surface area contributed by atoms with Crippen LogP contribution in [0.5, 0.6) is 0 Å². The molecule has 3 aromatic rings. The van der Waals surface area contributed by atoms with Gasteiger partial charge in [-0.05, 0) is 34.2 Å². The van der Waals surface area contributed by atoms with E-state index in [2.05, 4.69) is 9.72 Å². The molecule has 0 unspecified atom stereocenters. The van der Waals surface area contributed by atoms with Crippen LogP contribution in [0.3, 0.4) is 0 Å². The second-order valence-corrected chi connectivity index (χ2v) is 8.24. The van der Waals surface area contributed by atoms with Crippen molar-refractivity contribution < 1.29 is 36.3 Å². The zero-order chi connectivity index (χ0) is 25.2. The molecule has 0 radical (unpaired) electrons. The maximum Gasteiger partial charge on any atom is 0.434 e. The Morgan fingerprint density at radius 3 is 2.21 bits per heavy atom. The topological polar surface area (TPSA) is 56.3 Å². The Kier molecular flexibility index (Phi) is 7.33. The number of benzene rings is 2. The zero-order valence-corrected chi connectivity index (χ0v) is 18.7. The number of pyridine rings is 1. The van der Waals surface area contributed by atoms with E-state index in [9.17, 15) is 31.5 Å². The molecular weight excluding hydrogens is 457 g/mol. The highest BCUT2D eigenvalue weighted by Gasteiger charge is 2.42. The number of rotatable bonds is 7. The van der Waals surface area contributed by atoms with Crippen molar-refractivity contribution in [1.82, 2.24) is 4.98 Å². The van der Waals surface area contributed by atoms with Crippen LogP contribution in [-0.2, 0) is 23.8 Å². The Hall–Kier alpha value is -3.36. The number of ether oxygens (including phenoxy) is 1. The number of Topliss-reactive ketones (excluding diaryl/α,β-unsaturated/α-hetero) is 1. The molecule has 0 aliphatic rings. The van der Waals surface area contributed by atoms with Gasteiger partial charge in [-0.3, -0.25) is 4.79 Å². The van der Waals surface area contributed by atoms with Crippen LogP contribution in [0.1, 0.15) is 63.5 Å². The second kappa shape index (κ2) is 9.87. The highest BCUT2D eigenvalue weighted by atomic mass is 19.4. The van der Waals surface area contributed by atoms with Crippen molar-refractivity contribution in [3.63, 3.8) is 0 Å². The lowest BCUT2D eigenvalue weighted by atomic mass is 9.87. The highest BCUT2D eigenvalue weighted by Crippen LogP contribution is 2.38. The quantitative estimate of drug-likeness (QED) is 0.218. The fourth-order valence-electron chi connectivity index (χ4n) is 3.88. The van der Waals surface area contributed by atoms with Crippen LogP contribution in [0, 0.1) is 5.92 Å². The van der Waals surface area contributed by atoms with Crippen LogP contribution in [0.2, 0.25) is 0 Å². The fourth-order valence-corrected chi connectivity index (χ4v) is 3.88. The van der Waals surface area contributed by atoms with Gasteiger partial charge >= 0.3 is 12.1 Å². The van der Waals surface area contributed by atoms with Crippen LogP contribution >= 0.6 is 0 Å². The average Bonchev–Trinajstić information content (AvgIpc) is 2.76. The van der Waals surface area contributed by atoms with Crippen molar-refractivity contribution in [3.05, 3.63) is 76.1 Å². The van der Waals surface area contributed by atoms with E-state index >= 15 is 0 Å². The summed E-state index contributed by atoms with van der Waals surface area (Å²) >= 11 is 0. The molecule has 2 aromatic carbocycles. The Morgan fingerprint density at radius 1 is 1.00 bits per heavy atom. The van der Waals surface area contributed by atoms with E-state index in [0.29, 0.717) is 5.56 Å². The summed E-state index contributed by atoms with van der Waals surface area (Å²) in [6.45, 7) is 3.27. The summed E-state index contributed by atoms with van der Waals surface area (Å²) in [6.07, 6.45) is -9.34. The van der Waals surface area contributed by atoms with Crippen molar-refractivity contribution in [2.45, 2.75) is 39.3 Å². The maximum atomic E-state index is 14.0. The molecule has 0 aliphatic heterocycles. The molecule has 0 fully saturated rings. The average molecular weight is 479 g/mol. The van der Waals surface area contributed by atoms with Gasteiger partial charge in [-0.25, -0.2) is 18.6 Å². The van der Waals surface area contributed by atoms with Gasteiger partial charge in [-0.15, -0.1) is 0 Å². The molecule has 0 saturated carbocycles. The third kappa shape index (κ3) is 5.24. The van der Waals surface area contributed by atoms with Crippen LogP contribution in [0.15, 0.2) is 42.5 Å². The molecule has 3 rings (SSSR count). The van der Waals surface area contributed by atoms with Crippen LogP contribution in [-0.4, -0.2) is 23.8 Å². The van der Waals surface area contributed by atoms with Crippen molar-refractivity contribution in [2.75, 3.05) is 7.11 Å². The SMILES string of the molecule is COC(=O)c1c(C(F)F)nc(C(F)(F)F)c(C(=O)Cc2ccc3ccccc3c2)c1CC(C)C. The number of hydrogen-bond acceptors (Lipinski definition) is 4. The Morgan fingerprint density at radius 2 is 1.65 bits per heavy atom. The molecule has 0 N–H and O–H groups in total. The van der Waals surface area contributed by atoms with Gasteiger partial charge in [-0.2, -0.15) is 13.2 Å². The lowest BCUT2D eigenvalue weighted by Crippen LogP contribution is -2.25. The van der Waals surface area contributed by atoms with E-state index in [1.807, 2.05) is 12.1 Å². The summed E-state index contributed by atoms with van der Waals surface area (Å²) in [5.41, 5.74) is -4.73. The van der Waals surface area contributed by atoms with Gasteiger partial charge in [-0.1, -0.05) is 56.3 Å². The summed E-state index contributed by atoms with van der Waals surface area (Å²) in [4.78, 5) is 28.8. The lowest BCUT2D eigenvalue weighted by Gasteiger charge is -2.22. The first-order valence-electron chi connectivity index (χ1n) is 10.4. The number of aromatic nitrogens is 1. The van der Waals surface area contributed by atoms with E-state index in [0.717, 1.165) is 17.9 Å². The molecule has 1 aromatic heterocycles. The zero-order valence-electron chi connectivity index (χ0n) is 18.7. The molecule has 180 valence electrons. The molecule has 4 nitrogen and oxygen atoms in total. The van der Waals surface area contributed by atoms with E-state index in [1.165, 1.54) is 0 Å². The minimum absolute atomic E-state index is 0.228. The van der Waals surface area contributed by atoms with Crippen molar-refractivity contribution in [3.8, 4) is 0 Å². The molecule has 0 saturated heterocycles. The number of esters is 1. The fraction of sp³-hybridized carbons (Fsp3) is 0.320. The lowest BCUT2D eigenvalue weighted by molar-refractivity contribution is -0.141. The van der Waals surface area contributed by atoms with Crippen molar-refractivity contribution in [2.24, 2.45) is 5.92 Å². The van der Waals surface area contributed by atoms with Gasteiger partial charge < -0.3 is 4.74 Å². The molecule has 0 atom stereocenters. The Bertz CT molecular complexity index is 1240. The molecule has 0 spiro atoms. The van der Waals surface area contributed by atoms with Gasteiger partial charge in [0.05, 0.1) is 18.2 Å². The van der Waals surface area contributed by atoms with Gasteiger partial charge in [0.1, 0.15) is 5.69 Å². The smallest absolute Gasteiger partial charge is 0.434 e. The summed E-state index contributed by atoms with van der Waals surface area (Å²) in [5.74, 6) is -2.60. The van der Waals surface area contributed by atoms with Gasteiger partial charge in [0, 0.05) is 6.42 Å². The molecule has 0 bridgehead atoms. The number of carbonyl (C=O) groups excluding carboxylic acids is 2. The summed E-state index contributed by atoms with van der Waals surface area (Å²) in [6, 6.07) is 12.3. The van der Waals surface area contributed by atoms with Gasteiger partial charge in [0.15, 0.2) is 11.5 Å². The molecule has 0 amide bonds. The molecule has 9 heteroatoms.